The summed E-state index contributed by atoms with van der Waals surface area (Å²) in [6, 6.07) is 11.0. The molecule has 19 heavy (non-hydrogen) atoms. The number of benzene rings is 1. The minimum Gasteiger partial charge on any atom is -0.465 e. The lowest BCUT2D eigenvalue weighted by atomic mass is 9.80. The number of hydrogen-bond acceptors (Lipinski definition) is 3. The van der Waals surface area contributed by atoms with E-state index in [0.29, 0.717) is 25.1 Å². The van der Waals surface area contributed by atoms with E-state index in [2.05, 4.69) is 29.6 Å². The molecule has 0 amide bonds. The molecule has 0 aliphatic heterocycles. The lowest BCUT2D eigenvalue weighted by Gasteiger charge is -2.32. The van der Waals surface area contributed by atoms with Crippen LogP contribution in [-0.4, -0.2) is 25.2 Å². The van der Waals surface area contributed by atoms with Gasteiger partial charge in [-0.1, -0.05) is 43.2 Å². The molecule has 0 saturated heterocycles. The van der Waals surface area contributed by atoms with Crippen molar-refractivity contribution >= 4 is 5.97 Å². The first-order chi connectivity index (χ1) is 9.31. The predicted molar refractivity (Wildman–Crippen MR) is 76.1 cm³/mol. The fourth-order valence-corrected chi connectivity index (χ4v) is 2.90. The van der Waals surface area contributed by atoms with E-state index in [1.807, 2.05) is 13.0 Å². The largest absolute Gasteiger partial charge is 0.465 e. The number of nitrogens with one attached hydrogen (secondary N) is 1. The van der Waals surface area contributed by atoms with Gasteiger partial charge in [0.05, 0.1) is 13.2 Å². The summed E-state index contributed by atoms with van der Waals surface area (Å²) in [5.41, 5.74) is 1.38. The maximum Gasteiger partial charge on any atom is 0.319 e. The van der Waals surface area contributed by atoms with Gasteiger partial charge in [-0.05, 0) is 31.2 Å². The van der Waals surface area contributed by atoms with Crippen LogP contribution in [0.4, 0.5) is 0 Å². The highest BCUT2D eigenvalue weighted by atomic mass is 16.5. The maximum absolute atomic E-state index is 11.4. The molecule has 1 fully saturated rings. The van der Waals surface area contributed by atoms with Gasteiger partial charge in [0.2, 0.25) is 0 Å². The van der Waals surface area contributed by atoms with Crippen LogP contribution in [0, 0.1) is 0 Å². The molecule has 0 radical (unpaired) electrons. The summed E-state index contributed by atoms with van der Waals surface area (Å²) in [6.45, 7) is 2.61. The van der Waals surface area contributed by atoms with Crippen LogP contribution in [0.25, 0.3) is 0 Å². The Labute approximate surface area is 115 Å². The molecular formula is C16H23NO2. The van der Waals surface area contributed by atoms with Crippen molar-refractivity contribution in [3.8, 4) is 0 Å². The molecule has 1 aromatic carbocycles. The molecular weight excluding hydrogens is 238 g/mol. The standard InChI is InChI=1S/C16H23NO2/c1-2-19-16(18)12-17-15-11-7-6-10-14(15)13-8-4-3-5-9-13/h3-5,8-9,14-15,17H,2,6-7,10-12H2,1H3. The summed E-state index contributed by atoms with van der Waals surface area (Å²) in [4.78, 5) is 11.4. The highest BCUT2D eigenvalue weighted by molar-refractivity contribution is 5.71. The lowest BCUT2D eigenvalue weighted by molar-refractivity contribution is -0.142. The number of carbonyl (C=O) groups excluding carboxylic acids is 1. The summed E-state index contributed by atoms with van der Waals surface area (Å²) < 4.78 is 4.97. The maximum atomic E-state index is 11.4. The molecule has 0 spiro atoms. The lowest BCUT2D eigenvalue weighted by Crippen LogP contribution is -2.40. The Hall–Kier alpha value is -1.35. The Bertz CT molecular complexity index is 391. The molecule has 0 bridgehead atoms. The minimum absolute atomic E-state index is 0.153. The fraction of sp³-hybridized carbons (Fsp3) is 0.562. The summed E-state index contributed by atoms with van der Waals surface area (Å²) in [7, 11) is 0. The van der Waals surface area contributed by atoms with Crippen LogP contribution in [0.3, 0.4) is 0 Å². The normalized spacial score (nSPS) is 23.0. The van der Waals surface area contributed by atoms with Crippen molar-refractivity contribution in [3.05, 3.63) is 35.9 Å². The third-order valence-electron chi connectivity index (χ3n) is 3.81. The SMILES string of the molecule is CCOC(=O)CNC1CCCCC1c1ccccc1. The van der Waals surface area contributed by atoms with Gasteiger partial charge in [-0.25, -0.2) is 0 Å². The molecule has 1 aromatic rings. The quantitative estimate of drug-likeness (QED) is 0.828. The Morgan fingerprint density at radius 3 is 2.74 bits per heavy atom. The van der Waals surface area contributed by atoms with Gasteiger partial charge in [-0.2, -0.15) is 0 Å². The molecule has 0 heterocycles. The molecule has 104 valence electrons. The van der Waals surface area contributed by atoms with Gasteiger partial charge in [0.1, 0.15) is 0 Å². The topological polar surface area (TPSA) is 38.3 Å². The Kier molecular flexibility index (Phi) is 5.40. The molecule has 2 unspecified atom stereocenters. The number of rotatable bonds is 5. The second kappa shape index (κ2) is 7.29. The molecule has 1 saturated carbocycles. The zero-order valence-corrected chi connectivity index (χ0v) is 11.6. The van der Waals surface area contributed by atoms with E-state index < -0.39 is 0 Å². The fourth-order valence-electron chi connectivity index (χ4n) is 2.90. The average molecular weight is 261 g/mol. The van der Waals surface area contributed by atoms with Crippen LogP contribution in [-0.2, 0) is 9.53 Å². The van der Waals surface area contributed by atoms with Crippen molar-refractivity contribution in [1.29, 1.82) is 0 Å². The molecule has 0 aromatic heterocycles. The Balaban J connectivity index is 1.95. The van der Waals surface area contributed by atoms with Crippen LogP contribution in [0.5, 0.6) is 0 Å². The van der Waals surface area contributed by atoms with E-state index in [1.165, 1.54) is 24.8 Å². The first-order valence-electron chi connectivity index (χ1n) is 7.25. The monoisotopic (exact) mass is 261 g/mol. The molecule has 1 aliphatic carbocycles. The second-order valence-corrected chi connectivity index (χ2v) is 5.09. The van der Waals surface area contributed by atoms with E-state index in [4.69, 9.17) is 4.74 Å². The van der Waals surface area contributed by atoms with Gasteiger partial charge in [0.25, 0.3) is 0 Å². The highest BCUT2D eigenvalue weighted by Gasteiger charge is 2.26. The van der Waals surface area contributed by atoms with Crippen LogP contribution in [0.15, 0.2) is 30.3 Å². The Morgan fingerprint density at radius 2 is 2.00 bits per heavy atom. The number of ether oxygens (including phenoxy) is 1. The van der Waals surface area contributed by atoms with Crippen molar-refractivity contribution in [2.24, 2.45) is 0 Å². The molecule has 2 rings (SSSR count). The third-order valence-corrected chi connectivity index (χ3v) is 3.81. The van der Waals surface area contributed by atoms with Crippen molar-refractivity contribution in [3.63, 3.8) is 0 Å². The molecule has 3 nitrogen and oxygen atoms in total. The minimum atomic E-state index is -0.153. The van der Waals surface area contributed by atoms with Crippen molar-refractivity contribution < 1.29 is 9.53 Å². The van der Waals surface area contributed by atoms with E-state index in [-0.39, 0.29) is 5.97 Å². The Morgan fingerprint density at radius 1 is 1.26 bits per heavy atom. The first kappa shape index (κ1) is 14.1. The smallest absolute Gasteiger partial charge is 0.319 e. The molecule has 1 aliphatic rings. The first-order valence-corrected chi connectivity index (χ1v) is 7.25. The van der Waals surface area contributed by atoms with Gasteiger partial charge < -0.3 is 10.1 Å². The zero-order chi connectivity index (χ0) is 13.5. The highest BCUT2D eigenvalue weighted by Crippen LogP contribution is 2.32. The average Bonchev–Trinajstić information content (AvgIpc) is 2.47. The molecule has 3 heteroatoms. The van der Waals surface area contributed by atoms with Crippen LogP contribution in [0.1, 0.15) is 44.1 Å². The number of hydrogen-bond donors (Lipinski definition) is 1. The van der Waals surface area contributed by atoms with E-state index in [9.17, 15) is 4.79 Å². The van der Waals surface area contributed by atoms with E-state index in [0.717, 1.165) is 6.42 Å². The van der Waals surface area contributed by atoms with Crippen molar-refractivity contribution in [2.45, 2.75) is 44.6 Å². The van der Waals surface area contributed by atoms with Crippen molar-refractivity contribution in [2.75, 3.05) is 13.2 Å². The van der Waals surface area contributed by atoms with Crippen molar-refractivity contribution in [1.82, 2.24) is 5.32 Å². The molecule has 1 N–H and O–H groups in total. The predicted octanol–water partition coefficient (Wildman–Crippen LogP) is 2.87. The zero-order valence-electron chi connectivity index (χ0n) is 11.6. The summed E-state index contributed by atoms with van der Waals surface area (Å²) in [5.74, 6) is 0.365. The van der Waals surface area contributed by atoms with Gasteiger partial charge in [-0.3, -0.25) is 4.79 Å². The molecule has 2 atom stereocenters. The third kappa shape index (κ3) is 4.06. The number of carbonyl (C=O) groups is 1. The van der Waals surface area contributed by atoms with Crippen LogP contribution >= 0.6 is 0 Å². The van der Waals surface area contributed by atoms with Gasteiger partial charge in [0.15, 0.2) is 0 Å². The summed E-state index contributed by atoms with van der Waals surface area (Å²) >= 11 is 0. The van der Waals surface area contributed by atoms with Gasteiger partial charge in [-0.15, -0.1) is 0 Å². The van der Waals surface area contributed by atoms with Crippen LogP contribution in [0.2, 0.25) is 0 Å². The summed E-state index contributed by atoms with van der Waals surface area (Å²) in [6.07, 6.45) is 4.85. The number of esters is 1. The van der Waals surface area contributed by atoms with Gasteiger partial charge >= 0.3 is 5.97 Å². The van der Waals surface area contributed by atoms with E-state index in [1.54, 1.807) is 0 Å². The van der Waals surface area contributed by atoms with Gasteiger partial charge in [0, 0.05) is 6.04 Å². The van der Waals surface area contributed by atoms with Crippen LogP contribution < -0.4 is 5.32 Å². The second-order valence-electron chi connectivity index (χ2n) is 5.09. The summed E-state index contributed by atoms with van der Waals surface area (Å²) in [5, 5.41) is 3.38. The van der Waals surface area contributed by atoms with E-state index >= 15 is 0 Å².